The Hall–Kier alpha value is -2.39. The smallest absolute Gasteiger partial charge is 0.191 e. The summed E-state index contributed by atoms with van der Waals surface area (Å²) in [5.74, 6) is 0.805. The van der Waals surface area contributed by atoms with Gasteiger partial charge in [-0.2, -0.15) is 5.10 Å². The molecule has 33 heavy (non-hydrogen) atoms. The first-order valence-electron chi connectivity index (χ1n) is 11.6. The Bertz CT molecular complexity index is 978. The van der Waals surface area contributed by atoms with Crippen LogP contribution in [0.3, 0.4) is 0 Å². The van der Waals surface area contributed by atoms with E-state index in [0.717, 1.165) is 32.1 Å². The average Bonchev–Trinajstić information content (AvgIpc) is 3.34. The van der Waals surface area contributed by atoms with E-state index >= 15 is 0 Å². The van der Waals surface area contributed by atoms with Crippen LogP contribution in [0.5, 0.6) is 0 Å². The minimum Gasteiger partial charge on any atom is -0.352 e. The van der Waals surface area contributed by atoms with Crippen LogP contribution in [-0.2, 0) is 26.2 Å². The lowest BCUT2D eigenvalue weighted by molar-refractivity contribution is 0.221. The lowest BCUT2D eigenvalue weighted by atomic mass is 10.1. The average molecular weight is 559 g/mol. The van der Waals surface area contributed by atoms with E-state index in [1.165, 1.54) is 54.6 Å². The number of likely N-dealkylation sites (tertiary alicyclic amines) is 1. The summed E-state index contributed by atoms with van der Waals surface area (Å²) in [5.41, 5.74) is 5.12. The number of hydrogen-bond acceptors (Lipinski definition) is 3. The van der Waals surface area contributed by atoms with Crippen molar-refractivity contribution >= 4 is 29.9 Å². The molecule has 0 unspecified atom stereocenters. The predicted molar refractivity (Wildman–Crippen MR) is 146 cm³/mol. The van der Waals surface area contributed by atoms with Gasteiger partial charge in [0, 0.05) is 39.1 Å². The van der Waals surface area contributed by atoms with Gasteiger partial charge in [0.05, 0.1) is 6.54 Å². The zero-order valence-corrected chi connectivity index (χ0v) is 21.7. The number of benzene rings is 2. The third-order valence-corrected chi connectivity index (χ3v) is 5.92. The van der Waals surface area contributed by atoms with E-state index in [1.807, 2.05) is 30.2 Å². The highest BCUT2D eigenvalue weighted by Crippen LogP contribution is 2.13. The van der Waals surface area contributed by atoms with Gasteiger partial charge in [-0.1, -0.05) is 55.0 Å². The molecular formula is C26H35IN6. The second kappa shape index (κ2) is 13.3. The van der Waals surface area contributed by atoms with E-state index in [4.69, 9.17) is 0 Å². The topological polar surface area (TPSA) is 57.5 Å². The number of aliphatic imine (C=N–C) groups is 1. The number of guanidine groups is 1. The molecule has 1 aliphatic heterocycles. The first-order valence-corrected chi connectivity index (χ1v) is 11.6. The van der Waals surface area contributed by atoms with Gasteiger partial charge in [-0.15, -0.1) is 24.0 Å². The summed E-state index contributed by atoms with van der Waals surface area (Å²) in [4.78, 5) is 6.93. The minimum absolute atomic E-state index is 0. The molecule has 2 aromatic carbocycles. The predicted octanol–water partition coefficient (Wildman–Crippen LogP) is 4.40. The van der Waals surface area contributed by atoms with Crippen molar-refractivity contribution in [3.05, 3.63) is 89.2 Å². The third-order valence-electron chi connectivity index (χ3n) is 5.92. The maximum Gasteiger partial charge on any atom is 0.191 e. The number of hydrogen-bond donors (Lipinski definition) is 2. The molecule has 0 saturated carbocycles. The largest absolute Gasteiger partial charge is 0.352 e. The summed E-state index contributed by atoms with van der Waals surface area (Å²) in [6, 6.07) is 19.5. The van der Waals surface area contributed by atoms with Crippen LogP contribution in [0, 0.1) is 0 Å². The fraction of sp³-hybridized carbons (Fsp3) is 0.385. The van der Waals surface area contributed by atoms with Gasteiger partial charge >= 0.3 is 0 Å². The summed E-state index contributed by atoms with van der Waals surface area (Å²) >= 11 is 0. The van der Waals surface area contributed by atoms with Crippen LogP contribution in [0.25, 0.3) is 0 Å². The molecule has 3 aromatic rings. The molecule has 1 saturated heterocycles. The molecule has 1 fully saturated rings. The van der Waals surface area contributed by atoms with Crippen molar-refractivity contribution in [2.75, 3.05) is 20.1 Å². The van der Waals surface area contributed by atoms with Gasteiger partial charge in [0.25, 0.3) is 0 Å². The van der Waals surface area contributed by atoms with Crippen molar-refractivity contribution in [2.24, 2.45) is 4.99 Å². The maximum atomic E-state index is 4.37. The molecule has 0 atom stereocenters. The number of halogens is 1. The first-order chi connectivity index (χ1) is 15.8. The summed E-state index contributed by atoms with van der Waals surface area (Å²) in [7, 11) is 1.81. The highest BCUT2D eigenvalue weighted by atomic mass is 127. The van der Waals surface area contributed by atoms with Crippen LogP contribution in [0.15, 0.2) is 72.0 Å². The van der Waals surface area contributed by atoms with Gasteiger partial charge in [0.2, 0.25) is 0 Å². The molecule has 7 heteroatoms. The van der Waals surface area contributed by atoms with Gasteiger partial charge in [-0.25, -0.2) is 0 Å². The second-order valence-corrected chi connectivity index (χ2v) is 8.46. The van der Waals surface area contributed by atoms with Crippen molar-refractivity contribution in [2.45, 2.75) is 45.4 Å². The number of piperidine rings is 1. The van der Waals surface area contributed by atoms with Crippen molar-refractivity contribution in [3.63, 3.8) is 0 Å². The van der Waals surface area contributed by atoms with Crippen molar-refractivity contribution < 1.29 is 0 Å². The molecule has 0 spiro atoms. The van der Waals surface area contributed by atoms with Crippen LogP contribution in [0.2, 0.25) is 0 Å². The van der Waals surface area contributed by atoms with Crippen molar-refractivity contribution in [3.8, 4) is 0 Å². The molecule has 0 amide bonds. The summed E-state index contributed by atoms with van der Waals surface area (Å²) in [6.07, 6.45) is 7.85. The SMILES string of the molecule is CN=C(NCc1ccc(CN2CCCCC2)cc1)NCc1cccc(Cn2cccn2)c1.I. The van der Waals surface area contributed by atoms with Gasteiger partial charge < -0.3 is 10.6 Å². The Morgan fingerprint density at radius 3 is 2.24 bits per heavy atom. The van der Waals surface area contributed by atoms with Gasteiger partial charge in [-0.05, 0) is 54.3 Å². The van der Waals surface area contributed by atoms with E-state index < -0.39 is 0 Å². The normalized spacial score (nSPS) is 14.5. The molecule has 0 bridgehead atoms. The molecule has 6 nitrogen and oxygen atoms in total. The number of rotatable bonds is 8. The zero-order valence-electron chi connectivity index (χ0n) is 19.4. The molecule has 176 valence electrons. The molecular weight excluding hydrogens is 523 g/mol. The molecule has 0 radical (unpaired) electrons. The third kappa shape index (κ3) is 8.16. The monoisotopic (exact) mass is 558 g/mol. The fourth-order valence-corrected chi connectivity index (χ4v) is 4.15. The molecule has 2 N–H and O–H groups in total. The first kappa shape index (κ1) is 25.2. The Kier molecular flexibility index (Phi) is 10.2. The molecule has 1 aromatic heterocycles. The lowest BCUT2D eigenvalue weighted by Gasteiger charge is -2.26. The van der Waals surface area contributed by atoms with Crippen molar-refractivity contribution in [1.82, 2.24) is 25.3 Å². The Labute approximate surface area is 214 Å². The summed E-state index contributed by atoms with van der Waals surface area (Å²) in [6.45, 7) is 5.79. The number of nitrogens with zero attached hydrogens (tertiary/aromatic N) is 4. The highest BCUT2D eigenvalue weighted by molar-refractivity contribution is 14.0. The molecule has 4 rings (SSSR count). The lowest BCUT2D eigenvalue weighted by Crippen LogP contribution is -2.36. The Morgan fingerprint density at radius 1 is 0.848 bits per heavy atom. The van der Waals surface area contributed by atoms with E-state index in [-0.39, 0.29) is 24.0 Å². The van der Waals surface area contributed by atoms with Crippen LogP contribution in [0.1, 0.15) is 41.5 Å². The fourth-order valence-electron chi connectivity index (χ4n) is 4.15. The van der Waals surface area contributed by atoms with E-state index in [0.29, 0.717) is 0 Å². The van der Waals surface area contributed by atoms with Crippen molar-refractivity contribution in [1.29, 1.82) is 0 Å². The van der Waals surface area contributed by atoms with Gasteiger partial charge in [0.1, 0.15) is 0 Å². The summed E-state index contributed by atoms with van der Waals surface area (Å²) < 4.78 is 1.94. The highest BCUT2D eigenvalue weighted by Gasteiger charge is 2.10. The number of aromatic nitrogens is 2. The zero-order chi connectivity index (χ0) is 22.0. The van der Waals surface area contributed by atoms with Gasteiger partial charge in [-0.3, -0.25) is 14.6 Å². The van der Waals surface area contributed by atoms with Crippen LogP contribution in [0.4, 0.5) is 0 Å². The molecule has 2 heterocycles. The van der Waals surface area contributed by atoms with E-state index in [2.05, 4.69) is 74.2 Å². The van der Waals surface area contributed by atoms with Crippen LogP contribution in [-0.4, -0.2) is 40.8 Å². The number of nitrogens with one attached hydrogen (secondary N) is 2. The standard InChI is InChI=1S/C26H34N6.HI/c1-27-26(29-19-24-7-5-8-25(17-24)21-32-16-6-13-30-32)28-18-22-9-11-23(12-10-22)20-31-14-3-2-4-15-31;/h5-13,16-17H,2-4,14-15,18-21H2,1H3,(H2,27,28,29);1H. The van der Waals surface area contributed by atoms with Gasteiger partial charge in [0.15, 0.2) is 5.96 Å². The van der Waals surface area contributed by atoms with E-state index in [1.54, 1.807) is 0 Å². The summed E-state index contributed by atoms with van der Waals surface area (Å²) in [5, 5.41) is 11.1. The minimum atomic E-state index is 0. The Balaban J connectivity index is 0.00000306. The second-order valence-electron chi connectivity index (χ2n) is 8.46. The maximum absolute atomic E-state index is 4.37. The molecule has 0 aliphatic carbocycles. The Morgan fingerprint density at radius 2 is 1.55 bits per heavy atom. The quantitative estimate of drug-likeness (QED) is 0.245. The van der Waals surface area contributed by atoms with Crippen LogP contribution >= 0.6 is 24.0 Å². The molecule has 1 aliphatic rings. The van der Waals surface area contributed by atoms with Crippen LogP contribution < -0.4 is 10.6 Å². The van der Waals surface area contributed by atoms with E-state index in [9.17, 15) is 0 Å².